The summed E-state index contributed by atoms with van der Waals surface area (Å²) in [4.78, 5) is 50.6. The lowest BCUT2D eigenvalue weighted by Gasteiger charge is -2.18. The molecule has 0 bridgehead atoms. The van der Waals surface area contributed by atoms with Crippen molar-refractivity contribution in [2.45, 2.75) is 175 Å². The fourth-order valence-corrected chi connectivity index (χ4v) is 6.37. The third kappa shape index (κ3) is 26.8. The maximum absolute atomic E-state index is 12.7. The number of unbranched alkanes of at least 4 members (excludes halogenated alkanes) is 10. The van der Waals surface area contributed by atoms with Crippen LogP contribution in [-0.4, -0.2) is 56.8 Å². The van der Waals surface area contributed by atoms with Gasteiger partial charge in [-0.25, -0.2) is 0 Å². The molecule has 1 aromatic carbocycles. The number of hydrogen-bond acceptors (Lipinski definition) is 9. The van der Waals surface area contributed by atoms with Crippen LogP contribution < -0.4 is 5.32 Å². The fourth-order valence-electron chi connectivity index (χ4n) is 6.37. The molecule has 0 spiro atoms. The molecule has 54 heavy (non-hydrogen) atoms. The second-order valence-corrected chi connectivity index (χ2v) is 15.0. The number of hydrogen-bond donors (Lipinski definition) is 1. The van der Waals surface area contributed by atoms with Crippen LogP contribution in [-0.2, 0) is 44.7 Å². The Morgan fingerprint density at radius 3 is 1.41 bits per heavy atom. The van der Waals surface area contributed by atoms with E-state index in [2.05, 4.69) is 33.0 Å². The van der Waals surface area contributed by atoms with Gasteiger partial charge in [0.05, 0.1) is 38.3 Å². The Labute approximate surface area is 328 Å². The van der Waals surface area contributed by atoms with Crippen LogP contribution in [0, 0.1) is 17.8 Å². The van der Waals surface area contributed by atoms with Crippen LogP contribution in [0.25, 0.3) is 0 Å². The van der Waals surface area contributed by atoms with Gasteiger partial charge < -0.3 is 24.3 Å². The second-order valence-electron chi connectivity index (χ2n) is 15.0. The van der Waals surface area contributed by atoms with Crippen molar-refractivity contribution in [2.75, 3.05) is 33.0 Å². The summed E-state index contributed by atoms with van der Waals surface area (Å²) in [6.45, 7) is 10.7. The third-order valence-corrected chi connectivity index (χ3v) is 9.90. The maximum atomic E-state index is 12.7. The third-order valence-electron chi connectivity index (χ3n) is 9.90. The van der Waals surface area contributed by atoms with E-state index >= 15 is 0 Å². The Morgan fingerprint density at radius 2 is 0.963 bits per heavy atom. The molecule has 9 nitrogen and oxygen atoms in total. The molecule has 0 saturated heterocycles. The molecular weight excluding hydrogens is 682 g/mol. The second kappa shape index (κ2) is 34.5. The van der Waals surface area contributed by atoms with E-state index in [4.69, 9.17) is 18.9 Å². The van der Waals surface area contributed by atoms with Crippen molar-refractivity contribution >= 4 is 23.9 Å². The summed E-state index contributed by atoms with van der Waals surface area (Å²) in [5.74, 6) is -1.11. The average Bonchev–Trinajstić information content (AvgIpc) is 3.18. The minimum absolute atomic E-state index is 0.0315. The number of carbonyl (C=O) groups excluding carboxylic acids is 4. The largest absolute Gasteiger partial charge is 0.465 e. The minimum atomic E-state index is -0.315. The van der Waals surface area contributed by atoms with Crippen LogP contribution >= 0.6 is 0 Å². The van der Waals surface area contributed by atoms with Crippen LogP contribution in [0.1, 0.15) is 175 Å². The lowest BCUT2D eigenvalue weighted by atomic mass is 9.95. The van der Waals surface area contributed by atoms with Gasteiger partial charge >= 0.3 is 23.9 Å². The molecule has 1 rings (SSSR count). The quantitative estimate of drug-likeness (QED) is 0.0405. The number of carbonyl (C=O) groups is 4. The standard InChI is InChI=1S/C45H77NO8/c1-5-9-13-18-28-40(26-11-7-3)44(49)51-32-22-20-30-42(47)53-36-39(35-46-34-38-24-16-15-17-25-38)37-54-43(48)31-21-23-33-52-45(50)41(27-12-8-4)29-19-14-10-6-2/h15-17,24-25,39-41,46H,5-14,18-23,26-37H2,1-4H3. The highest BCUT2D eigenvalue weighted by Crippen LogP contribution is 2.21. The van der Waals surface area contributed by atoms with E-state index in [0.717, 1.165) is 82.6 Å². The summed E-state index contributed by atoms with van der Waals surface area (Å²) in [7, 11) is 0. The monoisotopic (exact) mass is 760 g/mol. The van der Waals surface area contributed by atoms with E-state index in [1.807, 2.05) is 30.3 Å². The van der Waals surface area contributed by atoms with E-state index < -0.39 is 0 Å². The van der Waals surface area contributed by atoms with Crippen molar-refractivity contribution in [3.05, 3.63) is 35.9 Å². The lowest BCUT2D eigenvalue weighted by molar-refractivity contribution is -0.150. The number of esters is 4. The summed E-state index contributed by atoms with van der Waals surface area (Å²) in [5.41, 5.74) is 1.13. The molecule has 0 aliphatic heterocycles. The van der Waals surface area contributed by atoms with Crippen LogP contribution in [0.3, 0.4) is 0 Å². The van der Waals surface area contributed by atoms with Crippen LogP contribution in [0.4, 0.5) is 0 Å². The number of ether oxygens (including phenoxy) is 4. The summed E-state index contributed by atoms with van der Waals surface area (Å²) in [6, 6.07) is 10.0. The molecule has 2 unspecified atom stereocenters. The zero-order valence-electron chi connectivity index (χ0n) is 34.7. The Morgan fingerprint density at radius 1 is 0.519 bits per heavy atom. The van der Waals surface area contributed by atoms with Gasteiger partial charge in [-0.05, 0) is 56.9 Å². The Bertz CT molecular complexity index is 1020. The first-order chi connectivity index (χ1) is 26.3. The van der Waals surface area contributed by atoms with Gasteiger partial charge in [0.25, 0.3) is 0 Å². The first kappa shape index (κ1) is 49.1. The molecule has 9 heteroatoms. The first-order valence-corrected chi connectivity index (χ1v) is 21.7. The van der Waals surface area contributed by atoms with Crippen molar-refractivity contribution < 1.29 is 38.1 Å². The van der Waals surface area contributed by atoms with E-state index in [0.29, 0.717) is 52.0 Å². The van der Waals surface area contributed by atoms with Crippen molar-refractivity contribution in [3.8, 4) is 0 Å². The molecular formula is C45H77NO8. The summed E-state index contributed by atoms with van der Waals surface area (Å²) < 4.78 is 22.4. The molecule has 0 fully saturated rings. The van der Waals surface area contributed by atoms with Gasteiger partial charge in [0.15, 0.2) is 0 Å². The summed E-state index contributed by atoms with van der Waals surface area (Å²) >= 11 is 0. The smallest absolute Gasteiger partial charge is 0.308 e. The predicted molar refractivity (Wildman–Crippen MR) is 217 cm³/mol. The van der Waals surface area contributed by atoms with Gasteiger partial charge in [-0.2, -0.15) is 0 Å². The number of benzene rings is 1. The summed E-state index contributed by atoms with van der Waals surface area (Å²) in [5, 5.41) is 3.39. The minimum Gasteiger partial charge on any atom is -0.465 e. The molecule has 2 atom stereocenters. The van der Waals surface area contributed by atoms with Crippen molar-refractivity contribution in [2.24, 2.45) is 17.8 Å². The van der Waals surface area contributed by atoms with Crippen molar-refractivity contribution in [3.63, 3.8) is 0 Å². The zero-order valence-corrected chi connectivity index (χ0v) is 34.7. The number of rotatable bonds is 36. The van der Waals surface area contributed by atoms with Crippen molar-refractivity contribution in [1.29, 1.82) is 0 Å². The normalized spacial score (nSPS) is 12.8. The van der Waals surface area contributed by atoms with Gasteiger partial charge in [-0.15, -0.1) is 0 Å². The molecule has 0 radical (unpaired) electrons. The van der Waals surface area contributed by atoms with Crippen LogP contribution in [0.5, 0.6) is 0 Å². The molecule has 0 aliphatic carbocycles. The highest BCUT2D eigenvalue weighted by atomic mass is 16.6. The Balaban J connectivity index is 2.44. The number of nitrogens with one attached hydrogen (secondary N) is 1. The first-order valence-electron chi connectivity index (χ1n) is 21.7. The van der Waals surface area contributed by atoms with Gasteiger partial charge in [0.1, 0.15) is 0 Å². The zero-order chi connectivity index (χ0) is 39.5. The highest BCUT2D eigenvalue weighted by molar-refractivity contribution is 5.73. The molecule has 0 aliphatic rings. The van der Waals surface area contributed by atoms with Crippen molar-refractivity contribution in [1.82, 2.24) is 5.32 Å². The maximum Gasteiger partial charge on any atom is 0.308 e. The Hall–Kier alpha value is -2.94. The van der Waals surface area contributed by atoms with E-state index in [9.17, 15) is 19.2 Å². The van der Waals surface area contributed by atoms with Gasteiger partial charge in [-0.1, -0.05) is 135 Å². The lowest BCUT2D eigenvalue weighted by Crippen LogP contribution is -2.31. The molecule has 0 aromatic heterocycles. The Kier molecular flexibility index (Phi) is 31.4. The fraction of sp³-hybridized carbons (Fsp3) is 0.778. The molecule has 0 heterocycles. The SMILES string of the molecule is CCCCCCC(CCCC)C(=O)OCCCCC(=O)OCC(CNCc1ccccc1)COC(=O)CCCCOC(=O)C(CCCC)CCCCCC. The molecule has 310 valence electrons. The molecule has 0 saturated carbocycles. The highest BCUT2D eigenvalue weighted by Gasteiger charge is 2.21. The molecule has 1 aromatic rings. The average molecular weight is 760 g/mol. The summed E-state index contributed by atoms with van der Waals surface area (Å²) in [6.07, 6.45) is 19.7. The van der Waals surface area contributed by atoms with Gasteiger partial charge in [-0.3, -0.25) is 19.2 Å². The van der Waals surface area contributed by atoms with E-state index in [-0.39, 0.29) is 67.7 Å². The molecule has 0 amide bonds. The van der Waals surface area contributed by atoms with E-state index in [1.54, 1.807) is 0 Å². The van der Waals surface area contributed by atoms with Crippen LogP contribution in [0.2, 0.25) is 0 Å². The van der Waals surface area contributed by atoms with Crippen LogP contribution in [0.15, 0.2) is 30.3 Å². The van der Waals surface area contributed by atoms with Gasteiger partial charge in [0.2, 0.25) is 0 Å². The van der Waals surface area contributed by atoms with Gasteiger partial charge in [0, 0.05) is 31.8 Å². The van der Waals surface area contributed by atoms with E-state index in [1.165, 1.54) is 25.7 Å². The molecule has 1 N–H and O–H groups in total. The topological polar surface area (TPSA) is 117 Å². The predicted octanol–water partition coefficient (Wildman–Crippen LogP) is 10.5.